The molecule has 1 aromatic rings. The zero-order valence-corrected chi connectivity index (χ0v) is 10.8. The maximum atomic E-state index is 5.34. The van der Waals surface area contributed by atoms with E-state index in [2.05, 4.69) is 49.7 Å². The predicted molar refractivity (Wildman–Crippen MR) is 69.3 cm³/mol. The molecule has 1 unspecified atom stereocenters. The quantitative estimate of drug-likeness (QED) is 0.752. The summed E-state index contributed by atoms with van der Waals surface area (Å²) in [4.78, 5) is 0. The fraction of sp³-hybridized carbons (Fsp3) is 0.571. The van der Waals surface area contributed by atoms with Crippen molar-refractivity contribution < 1.29 is 0 Å². The Morgan fingerprint density at radius 3 is 2.62 bits per heavy atom. The molecule has 1 aromatic heterocycles. The third kappa shape index (κ3) is 2.90. The van der Waals surface area contributed by atoms with E-state index in [-0.39, 0.29) is 0 Å². The Labute approximate surface area is 99.0 Å². The molecule has 1 heterocycles. The first kappa shape index (κ1) is 12.9. The molecule has 0 aliphatic heterocycles. The van der Waals surface area contributed by atoms with E-state index in [4.69, 9.17) is 6.42 Å². The first-order valence-corrected chi connectivity index (χ1v) is 5.88. The molecule has 2 heteroatoms. The number of nitrogens with one attached hydrogen (secondary N) is 1. The molecule has 88 valence electrons. The van der Waals surface area contributed by atoms with Crippen molar-refractivity contribution in [3.05, 3.63) is 23.0 Å². The fourth-order valence-corrected chi connectivity index (χ4v) is 1.87. The van der Waals surface area contributed by atoms with Crippen molar-refractivity contribution in [3.63, 3.8) is 0 Å². The summed E-state index contributed by atoms with van der Waals surface area (Å²) in [6.45, 7) is 7.37. The standard InChI is InChI=1S/C14H22N2/c1-6-8-14(7-2)15-10-13-9-11(3)16(5)12(13)4/h1,9,14-15H,7-8,10H2,2-5H3. The molecular weight excluding hydrogens is 196 g/mol. The summed E-state index contributed by atoms with van der Waals surface area (Å²) in [5, 5.41) is 3.51. The van der Waals surface area contributed by atoms with Gasteiger partial charge in [-0.15, -0.1) is 12.3 Å². The average molecular weight is 218 g/mol. The van der Waals surface area contributed by atoms with E-state index >= 15 is 0 Å². The third-order valence-electron chi connectivity index (χ3n) is 3.32. The van der Waals surface area contributed by atoms with E-state index in [1.165, 1.54) is 17.0 Å². The van der Waals surface area contributed by atoms with Gasteiger partial charge in [-0.05, 0) is 31.9 Å². The molecule has 2 nitrogen and oxygen atoms in total. The van der Waals surface area contributed by atoms with E-state index in [1.807, 2.05) is 0 Å². The van der Waals surface area contributed by atoms with Crippen LogP contribution in [0.2, 0.25) is 0 Å². The lowest BCUT2D eigenvalue weighted by atomic mass is 10.1. The number of hydrogen-bond acceptors (Lipinski definition) is 1. The van der Waals surface area contributed by atoms with E-state index in [1.54, 1.807) is 0 Å². The van der Waals surface area contributed by atoms with Crippen molar-refractivity contribution in [1.82, 2.24) is 9.88 Å². The van der Waals surface area contributed by atoms with E-state index in [0.29, 0.717) is 6.04 Å². The Morgan fingerprint density at radius 1 is 1.50 bits per heavy atom. The highest BCUT2D eigenvalue weighted by molar-refractivity contribution is 5.26. The highest BCUT2D eigenvalue weighted by Gasteiger charge is 2.08. The minimum absolute atomic E-state index is 0.435. The molecule has 0 fully saturated rings. The molecule has 0 radical (unpaired) electrons. The SMILES string of the molecule is C#CCC(CC)NCc1cc(C)n(C)c1C. The largest absolute Gasteiger partial charge is 0.352 e. The summed E-state index contributed by atoms with van der Waals surface area (Å²) in [6, 6.07) is 2.68. The minimum atomic E-state index is 0.435. The van der Waals surface area contributed by atoms with Crippen molar-refractivity contribution in [2.45, 2.75) is 46.2 Å². The molecule has 0 aromatic carbocycles. The Balaban J connectivity index is 2.61. The summed E-state index contributed by atoms with van der Waals surface area (Å²) in [5.74, 6) is 2.72. The highest BCUT2D eigenvalue weighted by Crippen LogP contribution is 2.13. The van der Waals surface area contributed by atoms with Crippen LogP contribution in [-0.2, 0) is 13.6 Å². The molecule has 0 saturated heterocycles. The molecule has 0 aliphatic rings. The summed E-state index contributed by atoms with van der Waals surface area (Å²) in [5.41, 5.74) is 4.01. The lowest BCUT2D eigenvalue weighted by molar-refractivity contribution is 0.505. The lowest BCUT2D eigenvalue weighted by Gasteiger charge is -2.14. The maximum absolute atomic E-state index is 5.34. The normalized spacial score (nSPS) is 12.4. The molecule has 1 rings (SSSR count). The average Bonchev–Trinajstić information content (AvgIpc) is 2.52. The van der Waals surface area contributed by atoms with Gasteiger partial charge in [0.1, 0.15) is 0 Å². The minimum Gasteiger partial charge on any atom is -0.352 e. The smallest absolute Gasteiger partial charge is 0.0240 e. The number of rotatable bonds is 5. The van der Waals surface area contributed by atoms with Gasteiger partial charge in [0.15, 0.2) is 0 Å². The Morgan fingerprint density at radius 2 is 2.19 bits per heavy atom. The molecule has 1 atom stereocenters. The third-order valence-corrected chi connectivity index (χ3v) is 3.32. The van der Waals surface area contributed by atoms with Crippen LogP contribution in [0.15, 0.2) is 6.07 Å². The molecule has 0 bridgehead atoms. The molecule has 16 heavy (non-hydrogen) atoms. The Kier molecular flexibility index (Phi) is 4.64. The van der Waals surface area contributed by atoms with Crippen LogP contribution in [0.25, 0.3) is 0 Å². The Bertz CT molecular complexity index is 382. The van der Waals surface area contributed by atoms with Crippen LogP contribution in [0.5, 0.6) is 0 Å². The van der Waals surface area contributed by atoms with Gasteiger partial charge < -0.3 is 9.88 Å². The van der Waals surface area contributed by atoms with Gasteiger partial charge in [0.25, 0.3) is 0 Å². The predicted octanol–water partition coefficient (Wildman–Crippen LogP) is 2.53. The summed E-state index contributed by atoms with van der Waals surface area (Å²) >= 11 is 0. The summed E-state index contributed by atoms with van der Waals surface area (Å²) < 4.78 is 2.22. The number of aryl methyl sites for hydroxylation is 1. The van der Waals surface area contributed by atoms with Crippen LogP contribution in [0, 0.1) is 26.2 Å². The topological polar surface area (TPSA) is 17.0 Å². The van der Waals surface area contributed by atoms with Crippen LogP contribution in [0.4, 0.5) is 0 Å². The molecule has 0 amide bonds. The number of nitrogens with zero attached hydrogens (tertiary/aromatic N) is 1. The van der Waals surface area contributed by atoms with Crippen molar-refractivity contribution in [2.75, 3.05) is 0 Å². The lowest BCUT2D eigenvalue weighted by Crippen LogP contribution is -2.27. The summed E-state index contributed by atoms with van der Waals surface area (Å²) in [7, 11) is 2.10. The van der Waals surface area contributed by atoms with E-state index in [0.717, 1.165) is 19.4 Å². The maximum Gasteiger partial charge on any atom is 0.0240 e. The molecule has 1 N–H and O–H groups in total. The van der Waals surface area contributed by atoms with Crippen LogP contribution in [0.1, 0.15) is 36.7 Å². The van der Waals surface area contributed by atoms with Crippen molar-refractivity contribution in [1.29, 1.82) is 0 Å². The van der Waals surface area contributed by atoms with Gasteiger partial charge in [0.2, 0.25) is 0 Å². The van der Waals surface area contributed by atoms with Gasteiger partial charge in [-0.25, -0.2) is 0 Å². The molecule has 0 aliphatic carbocycles. The number of aromatic nitrogens is 1. The van der Waals surface area contributed by atoms with Gasteiger partial charge >= 0.3 is 0 Å². The van der Waals surface area contributed by atoms with Crippen molar-refractivity contribution in [2.24, 2.45) is 7.05 Å². The second-order valence-corrected chi connectivity index (χ2v) is 4.35. The first-order chi connectivity index (χ1) is 7.60. The summed E-state index contributed by atoms with van der Waals surface area (Å²) in [6.07, 6.45) is 7.22. The van der Waals surface area contributed by atoms with Crippen LogP contribution < -0.4 is 5.32 Å². The molecular formula is C14H22N2. The number of hydrogen-bond donors (Lipinski definition) is 1. The first-order valence-electron chi connectivity index (χ1n) is 5.88. The van der Waals surface area contributed by atoms with Crippen molar-refractivity contribution in [3.8, 4) is 12.3 Å². The Hall–Kier alpha value is -1.20. The zero-order valence-electron chi connectivity index (χ0n) is 10.8. The monoisotopic (exact) mass is 218 g/mol. The second kappa shape index (κ2) is 5.77. The fourth-order valence-electron chi connectivity index (χ4n) is 1.87. The van der Waals surface area contributed by atoms with Gasteiger partial charge in [-0.3, -0.25) is 0 Å². The van der Waals surface area contributed by atoms with Gasteiger partial charge in [-0.1, -0.05) is 6.92 Å². The van der Waals surface area contributed by atoms with Crippen LogP contribution in [0.3, 0.4) is 0 Å². The van der Waals surface area contributed by atoms with E-state index in [9.17, 15) is 0 Å². The van der Waals surface area contributed by atoms with Crippen LogP contribution >= 0.6 is 0 Å². The highest BCUT2D eigenvalue weighted by atomic mass is 15.0. The van der Waals surface area contributed by atoms with Crippen molar-refractivity contribution >= 4 is 0 Å². The second-order valence-electron chi connectivity index (χ2n) is 4.35. The van der Waals surface area contributed by atoms with Gasteiger partial charge in [-0.2, -0.15) is 0 Å². The van der Waals surface area contributed by atoms with Gasteiger partial charge in [0, 0.05) is 37.4 Å². The number of terminal acetylenes is 1. The van der Waals surface area contributed by atoms with Crippen LogP contribution in [-0.4, -0.2) is 10.6 Å². The zero-order chi connectivity index (χ0) is 12.1. The molecule has 0 spiro atoms. The van der Waals surface area contributed by atoms with Gasteiger partial charge in [0.05, 0.1) is 0 Å². The molecule has 0 saturated carbocycles. The van der Waals surface area contributed by atoms with E-state index < -0.39 is 0 Å².